The van der Waals surface area contributed by atoms with Crippen LogP contribution in [0.4, 0.5) is 4.39 Å². The van der Waals surface area contributed by atoms with Crippen molar-refractivity contribution in [3.05, 3.63) is 24.0 Å². The zero-order valence-electron chi connectivity index (χ0n) is 7.47. The van der Waals surface area contributed by atoms with E-state index >= 15 is 0 Å². The fourth-order valence-corrected chi connectivity index (χ4v) is 0.856. The lowest BCUT2D eigenvalue weighted by atomic mass is 10.0. The van der Waals surface area contributed by atoms with Gasteiger partial charge in [0, 0.05) is 11.8 Å². The van der Waals surface area contributed by atoms with Gasteiger partial charge >= 0.3 is 0 Å². The highest BCUT2D eigenvalue weighted by Gasteiger charge is 2.19. The molecule has 0 aliphatic rings. The van der Waals surface area contributed by atoms with Crippen molar-refractivity contribution in [3.8, 4) is 5.75 Å². The first-order valence-electron chi connectivity index (χ1n) is 3.72. The smallest absolute Gasteiger partial charge is 0.137 e. The number of ether oxygens (including phenoxy) is 1. The Bertz CT molecular complexity index is 267. The molecule has 2 nitrogen and oxygen atoms in total. The van der Waals surface area contributed by atoms with E-state index in [0.717, 1.165) is 0 Å². The largest absolute Gasteiger partial charge is 0.495 e. The summed E-state index contributed by atoms with van der Waals surface area (Å²) in [6.45, 7) is 2.98. The third-order valence-corrected chi connectivity index (χ3v) is 1.64. The van der Waals surface area contributed by atoms with Crippen molar-refractivity contribution < 1.29 is 9.13 Å². The number of pyridine rings is 1. The first-order valence-corrected chi connectivity index (χ1v) is 3.72. The Kier molecular flexibility index (Phi) is 2.31. The van der Waals surface area contributed by atoms with Crippen LogP contribution in [0, 0.1) is 0 Å². The second-order valence-corrected chi connectivity index (χ2v) is 3.09. The first kappa shape index (κ1) is 8.97. The van der Waals surface area contributed by atoms with Gasteiger partial charge in [0.05, 0.1) is 13.3 Å². The lowest BCUT2D eigenvalue weighted by Gasteiger charge is -2.14. The number of hydrogen-bond donors (Lipinski definition) is 0. The molecule has 0 radical (unpaired) electrons. The van der Waals surface area contributed by atoms with Crippen molar-refractivity contribution >= 4 is 0 Å². The predicted molar refractivity (Wildman–Crippen MR) is 44.9 cm³/mol. The molecule has 3 heteroatoms. The maximum atomic E-state index is 13.3. The monoisotopic (exact) mass is 169 g/mol. The van der Waals surface area contributed by atoms with Crippen molar-refractivity contribution in [2.45, 2.75) is 19.5 Å². The van der Waals surface area contributed by atoms with E-state index in [4.69, 9.17) is 4.74 Å². The zero-order valence-corrected chi connectivity index (χ0v) is 7.47. The quantitative estimate of drug-likeness (QED) is 0.677. The van der Waals surface area contributed by atoms with E-state index in [1.54, 1.807) is 12.3 Å². The Morgan fingerprint density at radius 3 is 2.58 bits per heavy atom. The summed E-state index contributed by atoms with van der Waals surface area (Å²) in [5, 5.41) is 0. The van der Waals surface area contributed by atoms with Gasteiger partial charge < -0.3 is 4.74 Å². The molecule has 66 valence electrons. The highest BCUT2D eigenvalue weighted by molar-refractivity contribution is 5.26. The summed E-state index contributed by atoms with van der Waals surface area (Å²) in [4.78, 5) is 3.86. The Labute approximate surface area is 71.4 Å². The van der Waals surface area contributed by atoms with E-state index in [0.29, 0.717) is 11.3 Å². The van der Waals surface area contributed by atoms with E-state index in [2.05, 4.69) is 4.98 Å². The number of aromatic nitrogens is 1. The van der Waals surface area contributed by atoms with E-state index in [9.17, 15) is 4.39 Å². The third-order valence-electron chi connectivity index (χ3n) is 1.64. The number of hydrogen-bond acceptors (Lipinski definition) is 2. The molecule has 0 bridgehead atoms. The van der Waals surface area contributed by atoms with Gasteiger partial charge in [-0.3, -0.25) is 4.98 Å². The number of halogens is 1. The van der Waals surface area contributed by atoms with Crippen LogP contribution in [0.1, 0.15) is 19.4 Å². The molecule has 0 saturated carbocycles. The van der Waals surface area contributed by atoms with Crippen molar-refractivity contribution in [2.75, 3.05) is 7.11 Å². The molecule has 0 aliphatic carbocycles. The van der Waals surface area contributed by atoms with Gasteiger partial charge in [-0.2, -0.15) is 0 Å². The summed E-state index contributed by atoms with van der Waals surface area (Å²) >= 11 is 0. The second-order valence-electron chi connectivity index (χ2n) is 3.09. The molecule has 0 fully saturated rings. The van der Waals surface area contributed by atoms with Gasteiger partial charge in [-0.1, -0.05) is 0 Å². The maximum Gasteiger partial charge on any atom is 0.137 e. The Morgan fingerprint density at radius 2 is 2.08 bits per heavy atom. The molecular formula is C9H12FNO. The predicted octanol–water partition coefficient (Wildman–Crippen LogP) is 2.29. The summed E-state index contributed by atoms with van der Waals surface area (Å²) in [5.41, 5.74) is -0.830. The number of alkyl halides is 1. The summed E-state index contributed by atoms with van der Waals surface area (Å²) < 4.78 is 18.3. The molecule has 1 heterocycles. The van der Waals surface area contributed by atoms with Gasteiger partial charge in [-0.15, -0.1) is 0 Å². The van der Waals surface area contributed by atoms with Crippen LogP contribution in [0.3, 0.4) is 0 Å². The van der Waals surface area contributed by atoms with Gasteiger partial charge in [0.1, 0.15) is 11.4 Å². The van der Waals surface area contributed by atoms with Gasteiger partial charge in [-0.25, -0.2) is 4.39 Å². The fraction of sp³-hybridized carbons (Fsp3) is 0.444. The number of methoxy groups -OCH3 is 1. The van der Waals surface area contributed by atoms with E-state index in [-0.39, 0.29) is 0 Å². The highest BCUT2D eigenvalue weighted by atomic mass is 19.1. The first-order chi connectivity index (χ1) is 5.54. The minimum Gasteiger partial charge on any atom is -0.495 e. The number of rotatable bonds is 2. The van der Waals surface area contributed by atoms with Crippen molar-refractivity contribution in [1.82, 2.24) is 4.98 Å². The average molecular weight is 169 g/mol. The molecule has 0 saturated heterocycles. The molecule has 0 aromatic carbocycles. The van der Waals surface area contributed by atoms with E-state index in [1.807, 2.05) is 0 Å². The summed E-state index contributed by atoms with van der Waals surface area (Å²) in [7, 11) is 1.53. The summed E-state index contributed by atoms with van der Waals surface area (Å²) in [6, 6.07) is 1.65. The molecule has 0 amide bonds. The topological polar surface area (TPSA) is 22.1 Å². The second kappa shape index (κ2) is 3.09. The Morgan fingerprint density at radius 1 is 1.42 bits per heavy atom. The molecule has 12 heavy (non-hydrogen) atoms. The van der Waals surface area contributed by atoms with Crippen LogP contribution in [0.15, 0.2) is 18.5 Å². The summed E-state index contributed by atoms with van der Waals surface area (Å²) in [5.74, 6) is 0.582. The van der Waals surface area contributed by atoms with Gasteiger partial charge in [0.25, 0.3) is 0 Å². The van der Waals surface area contributed by atoms with Crippen LogP contribution in [0.2, 0.25) is 0 Å². The molecule has 0 atom stereocenters. The Hall–Kier alpha value is -1.12. The molecule has 1 rings (SSSR count). The maximum absolute atomic E-state index is 13.3. The van der Waals surface area contributed by atoms with Gasteiger partial charge in [-0.05, 0) is 19.9 Å². The molecule has 0 unspecified atom stereocenters. The van der Waals surface area contributed by atoms with Crippen LogP contribution in [0.25, 0.3) is 0 Å². The molecule has 1 aromatic heterocycles. The van der Waals surface area contributed by atoms with E-state index in [1.165, 1.54) is 27.2 Å². The fourth-order valence-electron chi connectivity index (χ4n) is 0.856. The third kappa shape index (κ3) is 1.94. The standard InChI is InChI=1S/C9H12FNO/c1-9(2,10)7-4-8(12-3)6-11-5-7/h4-6H,1-3H3. The Balaban J connectivity index is 3.02. The van der Waals surface area contributed by atoms with Crippen LogP contribution in [0.5, 0.6) is 5.75 Å². The van der Waals surface area contributed by atoms with Gasteiger partial charge in [0.2, 0.25) is 0 Å². The van der Waals surface area contributed by atoms with Crippen LogP contribution in [-0.4, -0.2) is 12.1 Å². The van der Waals surface area contributed by atoms with Gasteiger partial charge in [0.15, 0.2) is 0 Å². The molecule has 0 N–H and O–H groups in total. The van der Waals surface area contributed by atoms with Crippen LogP contribution in [-0.2, 0) is 5.67 Å². The normalized spacial score (nSPS) is 11.3. The minimum atomic E-state index is -1.36. The van der Waals surface area contributed by atoms with Crippen LogP contribution < -0.4 is 4.74 Å². The van der Waals surface area contributed by atoms with Crippen LogP contribution >= 0.6 is 0 Å². The lowest BCUT2D eigenvalue weighted by molar-refractivity contribution is 0.220. The average Bonchev–Trinajstić information content (AvgIpc) is 2.03. The number of nitrogens with zero attached hydrogens (tertiary/aromatic N) is 1. The molecule has 0 spiro atoms. The summed E-state index contributed by atoms with van der Waals surface area (Å²) in [6.07, 6.45) is 3.05. The van der Waals surface area contributed by atoms with Crippen molar-refractivity contribution in [2.24, 2.45) is 0 Å². The molecule has 1 aromatic rings. The SMILES string of the molecule is COc1cncc(C(C)(C)F)c1. The molecule has 0 aliphatic heterocycles. The van der Waals surface area contributed by atoms with Crippen molar-refractivity contribution in [3.63, 3.8) is 0 Å². The lowest BCUT2D eigenvalue weighted by Crippen LogP contribution is -2.09. The minimum absolute atomic E-state index is 0.529. The molecular weight excluding hydrogens is 157 g/mol. The zero-order chi connectivity index (χ0) is 9.19. The van der Waals surface area contributed by atoms with E-state index < -0.39 is 5.67 Å². The van der Waals surface area contributed by atoms with Crippen molar-refractivity contribution in [1.29, 1.82) is 0 Å². The highest BCUT2D eigenvalue weighted by Crippen LogP contribution is 2.25.